The second-order valence-corrected chi connectivity index (χ2v) is 6.85. The molecule has 2 amide bonds. The number of amides is 2. The molecule has 3 rings (SSSR count). The topological polar surface area (TPSA) is 71.3 Å². The van der Waals surface area contributed by atoms with Crippen LogP contribution in [0, 0.1) is 6.92 Å². The Morgan fingerprint density at radius 1 is 1.42 bits per heavy atom. The highest BCUT2D eigenvalue weighted by molar-refractivity contribution is 7.98. The summed E-state index contributed by atoms with van der Waals surface area (Å²) in [6.45, 7) is 4.47. The van der Waals surface area contributed by atoms with Gasteiger partial charge < -0.3 is 14.7 Å². The van der Waals surface area contributed by atoms with Crippen molar-refractivity contribution in [2.24, 2.45) is 0 Å². The van der Waals surface area contributed by atoms with Gasteiger partial charge in [-0.3, -0.25) is 0 Å². The van der Waals surface area contributed by atoms with Crippen molar-refractivity contribution >= 4 is 17.8 Å². The SMILES string of the molecule is CSc1ccc([C@@H](C)NC(=O)N2CCC[C@H]2c2noc(C)n2)cc1. The third-order valence-corrected chi connectivity index (χ3v) is 5.05. The maximum Gasteiger partial charge on any atom is 0.318 e. The Morgan fingerprint density at radius 2 is 2.17 bits per heavy atom. The van der Waals surface area contributed by atoms with E-state index in [1.165, 1.54) is 4.90 Å². The van der Waals surface area contributed by atoms with Crippen LogP contribution in [0.2, 0.25) is 0 Å². The monoisotopic (exact) mass is 346 g/mol. The Bertz CT molecular complexity index is 701. The summed E-state index contributed by atoms with van der Waals surface area (Å²) in [6, 6.07) is 8.02. The van der Waals surface area contributed by atoms with Crippen LogP contribution in [0.3, 0.4) is 0 Å². The zero-order valence-corrected chi connectivity index (χ0v) is 15.0. The zero-order chi connectivity index (χ0) is 17.1. The number of rotatable bonds is 4. The molecule has 7 heteroatoms. The van der Waals surface area contributed by atoms with Gasteiger partial charge in [0.2, 0.25) is 5.89 Å². The van der Waals surface area contributed by atoms with Gasteiger partial charge in [-0.05, 0) is 43.7 Å². The molecule has 0 radical (unpaired) electrons. The fraction of sp³-hybridized carbons (Fsp3) is 0.471. The molecule has 0 aliphatic carbocycles. The number of likely N-dealkylation sites (tertiary alicyclic amines) is 1. The quantitative estimate of drug-likeness (QED) is 0.855. The molecule has 0 unspecified atom stereocenters. The molecule has 24 heavy (non-hydrogen) atoms. The highest BCUT2D eigenvalue weighted by atomic mass is 32.2. The van der Waals surface area contributed by atoms with Gasteiger partial charge in [-0.25, -0.2) is 4.79 Å². The molecular weight excluding hydrogens is 324 g/mol. The lowest BCUT2D eigenvalue weighted by atomic mass is 10.1. The van der Waals surface area contributed by atoms with Gasteiger partial charge in [0.1, 0.15) is 0 Å². The van der Waals surface area contributed by atoms with Crippen LogP contribution in [-0.4, -0.2) is 33.9 Å². The maximum absolute atomic E-state index is 12.7. The minimum atomic E-state index is -0.103. The minimum absolute atomic E-state index is 0.0540. The highest BCUT2D eigenvalue weighted by Gasteiger charge is 2.33. The van der Waals surface area contributed by atoms with Crippen LogP contribution in [0.4, 0.5) is 4.79 Å². The van der Waals surface area contributed by atoms with Crippen molar-refractivity contribution in [2.45, 2.75) is 43.7 Å². The summed E-state index contributed by atoms with van der Waals surface area (Å²) < 4.78 is 5.06. The third-order valence-electron chi connectivity index (χ3n) is 4.31. The van der Waals surface area contributed by atoms with Gasteiger partial charge in [-0.2, -0.15) is 4.98 Å². The van der Waals surface area contributed by atoms with E-state index >= 15 is 0 Å². The number of thioether (sulfide) groups is 1. The number of benzene rings is 1. The Kier molecular flexibility index (Phi) is 5.08. The lowest BCUT2D eigenvalue weighted by Crippen LogP contribution is -2.40. The number of carbonyl (C=O) groups excluding carboxylic acids is 1. The molecule has 0 bridgehead atoms. The molecule has 1 aromatic heterocycles. The summed E-state index contributed by atoms with van der Waals surface area (Å²) in [7, 11) is 0. The molecule has 1 saturated heterocycles. The van der Waals surface area contributed by atoms with Crippen LogP contribution < -0.4 is 5.32 Å². The van der Waals surface area contributed by atoms with E-state index in [4.69, 9.17) is 4.52 Å². The standard InChI is InChI=1S/C17H22N4O2S/c1-11(13-6-8-14(24-3)9-7-13)18-17(22)21-10-4-5-15(21)16-19-12(2)23-20-16/h6-9,11,15H,4-5,10H2,1-3H3,(H,18,22)/t11-,15+/m1/s1. The summed E-state index contributed by atoms with van der Waals surface area (Å²) in [6.07, 6.45) is 3.86. The predicted molar refractivity (Wildman–Crippen MR) is 92.9 cm³/mol. The first-order valence-electron chi connectivity index (χ1n) is 8.10. The number of nitrogens with zero attached hydrogens (tertiary/aromatic N) is 3. The molecule has 1 aromatic carbocycles. The Labute approximate surface area is 146 Å². The van der Waals surface area contributed by atoms with E-state index in [9.17, 15) is 4.79 Å². The van der Waals surface area contributed by atoms with Crippen molar-refractivity contribution in [3.8, 4) is 0 Å². The summed E-state index contributed by atoms with van der Waals surface area (Å²) in [5.74, 6) is 1.12. The third kappa shape index (κ3) is 3.56. The molecule has 1 aliphatic rings. The van der Waals surface area contributed by atoms with Crippen molar-refractivity contribution in [3.63, 3.8) is 0 Å². The van der Waals surface area contributed by atoms with E-state index < -0.39 is 0 Å². The lowest BCUT2D eigenvalue weighted by molar-refractivity contribution is 0.186. The normalized spacial score (nSPS) is 18.6. The smallest absolute Gasteiger partial charge is 0.318 e. The number of nitrogens with one attached hydrogen (secondary N) is 1. The van der Waals surface area contributed by atoms with E-state index in [1.807, 2.05) is 13.2 Å². The van der Waals surface area contributed by atoms with Crippen LogP contribution >= 0.6 is 11.8 Å². The fourth-order valence-corrected chi connectivity index (χ4v) is 3.38. The molecule has 0 spiro atoms. The molecule has 1 fully saturated rings. The number of aromatic nitrogens is 2. The fourth-order valence-electron chi connectivity index (χ4n) is 2.97. The van der Waals surface area contributed by atoms with Gasteiger partial charge >= 0.3 is 6.03 Å². The molecule has 2 atom stereocenters. The average molecular weight is 346 g/mol. The van der Waals surface area contributed by atoms with Crippen molar-refractivity contribution in [3.05, 3.63) is 41.5 Å². The van der Waals surface area contributed by atoms with E-state index in [2.05, 4.69) is 39.7 Å². The van der Waals surface area contributed by atoms with Crippen LogP contribution in [0.25, 0.3) is 0 Å². The van der Waals surface area contributed by atoms with Crippen molar-refractivity contribution in [1.29, 1.82) is 0 Å². The van der Waals surface area contributed by atoms with Gasteiger partial charge in [-0.15, -0.1) is 11.8 Å². The van der Waals surface area contributed by atoms with Crippen molar-refractivity contribution < 1.29 is 9.32 Å². The van der Waals surface area contributed by atoms with Gasteiger partial charge in [0.15, 0.2) is 5.82 Å². The summed E-state index contributed by atoms with van der Waals surface area (Å²) in [4.78, 5) is 20.0. The van der Waals surface area contributed by atoms with Crippen molar-refractivity contribution in [2.75, 3.05) is 12.8 Å². The van der Waals surface area contributed by atoms with Crippen molar-refractivity contribution in [1.82, 2.24) is 20.4 Å². The van der Waals surface area contributed by atoms with Gasteiger partial charge in [0.05, 0.1) is 12.1 Å². The molecule has 0 saturated carbocycles. The first kappa shape index (κ1) is 16.8. The Hall–Kier alpha value is -2.02. The largest absolute Gasteiger partial charge is 0.340 e. The Morgan fingerprint density at radius 3 is 2.79 bits per heavy atom. The second kappa shape index (κ2) is 7.25. The van der Waals surface area contributed by atoms with Gasteiger partial charge in [-0.1, -0.05) is 17.3 Å². The van der Waals surface area contributed by atoms with E-state index in [1.54, 1.807) is 23.6 Å². The molecule has 1 N–H and O–H groups in total. The van der Waals surface area contributed by atoms with Crippen LogP contribution in [-0.2, 0) is 0 Å². The van der Waals surface area contributed by atoms with Gasteiger partial charge in [0, 0.05) is 18.4 Å². The van der Waals surface area contributed by atoms with Crippen LogP contribution in [0.15, 0.2) is 33.7 Å². The zero-order valence-electron chi connectivity index (χ0n) is 14.2. The first-order valence-corrected chi connectivity index (χ1v) is 9.32. The first-order chi connectivity index (χ1) is 11.6. The Balaban J connectivity index is 1.66. The number of hydrogen-bond acceptors (Lipinski definition) is 5. The molecule has 2 heterocycles. The lowest BCUT2D eigenvalue weighted by Gasteiger charge is -2.25. The van der Waals surface area contributed by atoms with Crippen LogP contribution in [0.1, 0.15) is 49.1 Å². The van der Waals surface area contributed by atoms with E-state index in [-0.39, 0.29) is 18.1 Å². The molecular formula is C17H22N4O2S. The predicted octanol–water partition coefficient (Wildman–Crippen LogP) is 3.71. The number of aryl methyl sites for hydroxylation is 1. The summed E-state index contributed by atoms with van der Waals surface area (Å²) >= 11 is 1.71. The van der Waals surface area contributed by atoms with Gasteiger partial charge in [0.25, 0.3) is 0 Å². The second-order valence-electron chi connectivity index (χ2n) is 5.97. The van der Waals surface area contributed by atoms with E-state index in [0.717, 1.165) is 18.4 Å². The molecule has 1 aliphatic heterocycles. The molecule has 2 aromatic rings. The average Bonchev–Trinajstić information content (AvgIpc) is 3.23. The highest BCUT2D eigenvalue weighted by Crippen LogP contribution is 2.30. The number of urea groups is 1. The van der Waals surface area contributed by atoms with E-state index in [0.29, 0.717) is 18.3 Å². The maximum atomic E-state index is 12.7. The molecule has 6 nitrogen and oxygen atoms in total. The summed E-state index contributed by atoms with van der Waals surface area (Å²) in [5, 5.41) is 7.05. The number of hydrogen-bond donors (Lipinski definition) is 1. The van der Waals surface area contributed by atoms with Crippen LogP contribution in [0.5, 0.6) is 0 Å². The number of carbonyl (C=O) groups is 1. The molecule has 128 valence electrons. The summed E-state index contributed by atoms with van der Waals surface area (Å²) in [5.41, 5.74) is 1.09. The minimum Gasteiger partial charge on any atom is -0.340 e.